The van der Waals surface area contributed by atoms with Crippen molar-refractivity contribution in [1.29, 1.82) is 0 Å². The molecule has 1 aromatic carbocycles. The Morgan fingerprint density at radius 3 is 2.19 bits per heavy atom. The summed E-state index contributed by atoms with van der Waals surface area (Å²) < 4.78 is 31.2. The highest BCUT2D eigenvalue weighted by Crippen LogP contribution is 2.16. The molecule has 0 unspecified atom stereocenters. The van der Waals surface area contributed by atoms with E-state index in [1.807, 2.05) is 0 Å². The number of hydrogen-bond acceptors (Lipinski definition) is 5. The Balaban J connectivity index is 2.98. The van der Waals surface area contributed by atoms with Crippen molar-refractivity contribution in [1.82, 2.24) is 4.72 Å². The summed E-state index contributed by atoms with van der Waals surface area (Å²) >= 11 is 0. The van der Waals surface area contributed by atoms with Crippen molar-refractivity contribution in [3.63, 3.8) is 0 Å². The second kappa shape index (κ2) is 6.23. The Morgan fingerprint density at radius 2 is 1.76 bits per heavy atom. The van der Waals surface area contributed by atoms with Gasteiger partial charge in [0.05, 0.1) is 24.0 Å². The van der Waals surface area contributed by atoms with Crippen LogP contribution in [0.1, 0.15) is 30.6 Å². The number of carbonyl (C=O) groups is 2. The fraction of sp³-hybridized carbons (Fsp3) is 0.385. The fourth-order valence-electron chi connectivity index (χ4n) is 1.72. The molecular weight excluding hydrogens is 298 g/mol. The summed E-state index contributed by atoms with van der Waals surface area (Å²) in [6.45, 7) is 2.95. The molecule has 0 aliphatic rings. The van der Waals surface area contributed by atoms with Gasteiger partial charge in [-0.25, -0.2) is 17.9 Å². The lowest BCUT2D eigenvalue weighted by Crippen LogP contribution is -2.44. The van der Waals surface area contributed by atoms with Crippen LogP contribution in [0.3, 0.4) is 0 Å². The minimum absolute atomic E-state index is 0.0615. The number of carbonyl (C=O) groups excluding carboxylic acids is 1. The Labute approximate surface area is 123 Å². The van der Waals surface area contributed by atoms with Crippen molar-refractivity contribution in [2.75, 3.05) is 7.11 Å². The molecule has 0 bridgehead atoms. The maximum Gasteiger partial charge on any atom is 0.337 e. The van der Waals surface area contributed by atoms with Crippen LogP contribution in [0.2, 0.25) is 0 Å². The normalized spacial score (nSPS) is 12.0. The highest BCUT2D eigenvalue weighted by molar-refractivity contribution is 7.89. The topological polar surface area (TPSA) is 110 Å². The Kier molecular flexibility index (Phi) is 5.08. The van der Waals surface area contributed by atoms with E-state index in [-0.39, 0.29) is 16.9 Å². The lowest BCUT2D eigenvalue weighted by molar-refractivity contribution is -0.138. The number of esters is 1. The third-order valence-electron chi connectivity index (χ3n) is 2.59. The quantitative estimate of drug-likeness (QED) is 0.758. The zero-order chi connectivity index (χ0) is 16.3. The van der Waals surface area contributed by atoms with Crippen LogP contribution < -0.4 is 4.72 Å². The Hall–Kier alpha value is -1.93. The van der Waals surface area contributed by atoms with Crippen molar-refractivity contribution >= 4 is 22.0 Å². The highest BCUT2D eigenvalue weighted by Gasteiger charge is 2.28. The second-order valence-corrected chi connectivity index (χ2v) is 6.76. The molecule has 0 spiro atoms. The number of carboxylic acid groups (broad SMARTS) is 1. The number of sulfonamides is 1. The molecule has 21 heavy (non-hydrogen) atoms. The Bertz CT molecular complexity index is 633. The van der Waals surface area contributed by atoms with Crippen molar-refractivity contribution in [2.24, 2.45) is 0 Å². The van der Waals surface area contributed by atoms with E-state index in [4.69, 9.17) is 5.11 Å². The van der Waals surface area contributed by atoms with Gasteiger partial charge in [0.15, 0.2) is 0 Å². The van der Waals surface area contributed by atoms with Gasteiger partial charge in [-0.2, -0.15) is 0 Å². The number of ether oxygens (including phenoxy) is 1. The zero-order valence-electron chi connectivity index (χ0n) is 11.9. The molecule has 1 aromatic rings. The van der Waals surface area contributed by atoms with Crippen LogP contribution in [-0.4, -0.2) is 38.1 Å². The number of carboxylic acids is 1. The van der Waals surface area contributed by atoms with E-state index in [0.29, 0.717) is 0 Å². The summed E-state index contributed by atoms with van der Waals surface area (Å²) in [6.07, 6.45) is -0.355. The standard InChI is InChI=1S/C13H17NO6S/c1-13(2,8-11(15)16)14-21(18,19)10-6-4-9(5-7-10)12(17)20-3/h4-7,14H,8H2,1-3H3,(H,15,16). The highest BCUT2D eigenvalue weighted by atomic mass is 32.2. The van der Waals surface area contributed by atoms with Gasteiger partial charge < -0.3 is 9.84 Å². The van der Waals surface area contributed by atoms with Crippen LogP contribution in [0, 0.1) is 0 Å². The number of methoxy groups -OCH3 is 1. The first-order valence-electron chi connectivity index (χ1n) is 6.01. The maximum absolute atomic E-state index is 12.2. The van der Waals surface area contributed by atoms with E-state index in [1.165, 1.54) is 45.2 Å². The molecule has 0 radical (unpaired) electrons. The van der Waals surface area contributed by atoms with E-state index in [1.54, 1.807) is 0 Å². The van der Waals surface area contributed by atoms with Crippen LogP contribution in [0.25, 0.3) is 0 Å². The Morgan fingerprint density at radius 1 is 1.24 bits per heavy atom. The van der Waals surface area contributed by atoms with E-state index < -0.39 is 27.5 Å². The zero-order valence-corrected chi connectivity index (χ0v) is 12.7. The average molecular weight is 315 g/mol. The number of hydrogen-bond donors (Lipinski definition) is 2. The minimum atomic E-state index is -3.88. The van der Waals surface area contributed by atoms with E-state index >= 15 is 0 Å². The third-order valence-corrected chi connectivity index (χ3v) is 4.30. The molecule has 0 aliphatic heterocycles. The summed E-state index contributed by atoms with van der Waals surface area (Å²) in [7, 11) is -2.65. The molecule has 0 fully saturated rings. The smallest absolute Gasteiger partial charge is 0.337 e. The average Bonchev–Trinajstić information content (AvgIpc) is 2.35. The number of rotatable bonds is 6. The van der Waals surface area contributed by atoms with Gasteiger partial charge in [0.1, 0.15) is 0 Å². The molecular formula is C13H17NO6S. The molecule has 8 heteroatoms. The predicted octanol–water partition coefficient (Wildman–Crippen LogP) is 1.00. The molecule has 2 N–H and O–H groups in total. The first kappa shape index (κ1) is 17.1. The largest absolute Gasteiger partial charge is 0.481 e. The second-order valence-electron chi connectivity index (χ2n) is 5.08. The van der Waals surface area contributed by atoms with Gasteiger partial charge in [-0.15, -0.1) is 0 Å². The number of nitrogens with one attached hydrogen (secondary N) is 1. The van der Waals surface area contributed by atoms with Crippen LogP contribution in [0.5, 0.6) is 0 Å². The molecule has 0 aromatic heterocycles. The number of benzene rings is 1. The summed E-state index contributed by atoms with van der Waals surface area (Å²) in [5, 5.41) is 8.75. The molecule has 0 saturated carbocycles. The molecule has 116 valence electrons. The molecule has 0 saturated heterocycles. The number of aliphatic carboxylic acids is 1. The molecule has 0 aliphatic carbocycles. The van der Waals surface area contributed by atoms with Crippen molar-refractivity contribution in [2.45, 2.75) is 30.7 Å². The van der Waals surface area contributed by atoms with Crippen LogP contribution in [-0.2, 0) is 19.6 Å². The molecule has 0 amide bonds. The van der Waals surface area contributed by atoms with Crippen LogP contribution in [0.15, 0.2) is 29.2 Å². The fourth-order valence-corrected chi connectivity index (χ4v) is 3.14. The van der Waals surface area contributed by atoms with Crippen molar-refractivity contribution < 1.29 is 27.9 Å². The van der Waals surface area contributed by atoms with Gasteiger partial charge in [-0.3, -0.25) is 4.79 Å². The lowest BCUT2D eigenvalue weighted by atomic mass is 10.0. The van der Waals surface area contributed by atoms with Gasteiger partial charge in [-0.05, 0) is 38.1 Å². The van der Waals surface area contributed by atoms with Gasteiger partial charge in [0, 0.05) is 5.54 Å². The molecule has 0 heterocycles. The molecule has 7 nitrogen and oxygen atoms in total. The summed E-state index contributed by atoms with van der Waals surface area (Å²) in [4.78, 5) is 21.9. The first-order valence-corrected chi connectivity index (χ1v) is 7.50. The van der Waals surface area contributed by atoms with Gasteiger partial charge in [0.25, 0.3) is 0 Å². The SMILES string of the molecule is COC(=O)c1ccc(S(=O)(=O)NC(C)(C)CC(=O)O)cc1. The van der Waals surface area contributed by atoms with Crippen LogP contribution in [0.4, 0.5) is 0 Å². The van der Waals surface area contributed by atoms with Crippen molar-refractivity contribution in [3.05, 3.63) is 29.8 Å². The summed E-state index contributed by atoms with van der Waals surface area (Å²) in [5.41, 5.74) is -0.910. The lowest BCUT2D eigenvalue weighted by Gasteiger charge is -2.23. The molecule has 0 atom stereocenters. The predicted molar refractivity (Wildman–Crippen MR) is 74.4 cm³/mol. The minimum Gasteiger partial charge on any atom is -0.481 e. The monoisotopic (exact) mass is 315 g/mol. The van der Waals surface area contributed by atoms with Gasteiger partial charge in [-0.1, -0.05) is 0 Å². The van der Waals surface area contributed by atoms with E-state index in [9.17, 15) is 18.0 Å². The first-order chi connectivity index (χ1) is 9.57. The maximum atomic E-state index is 12.2. The van der Waals surface area contributed by atoms with Gasteiger partial charge >= 0.3 is 11.9 Å². The summed E-state index contributed by atoms with van der Waals surface area (Å²) in [5.74, 6) is -1.68. The summed E-state index contributed by atoms with van der Waals surface area (Å²) in [6, 6.07) is 5.16. The van der Waals surface area contributed by atoms with E-state index in [2.05, 4.69) is 9.46 Å². The van der Waals surface area contributed by atoms with Crippen LogP contribution >= 0.6 is 0 Å². The third kappa shape index (κ3) is 4.83. The van der Waals surface area contributed by atoms with Crippen molar-refractivity contribution in [3.8, 4) is 0 Å². The van der Waals surface area contributed by atoms with Gasteiger partial charge in [0.2, 0.25) is 10.0 Å². The van der Waals surface area contributed by atoms with E-state index in [0.717, 1.165) is 0 Å². The molecule has 1 rings (SSSR count).